The van der Waals surface area contributed by atoms with Gasteiger partial charge in [-0.15, -0.1) is 0 Å². The fourth-order valence-electron chi connectivity index (χ4n) is 0.864. The van der Waals surface area contributed by atoms with Gasteiger partial charge in [0.15, 0.2) is 6.10 Å². The fraction of sp³-hybridized carbons (Fsp3) is 0.500. The summed E-state index contributed by atoms with van der Waals surface area (Å²) in [6, 6.07) is 0. The molecule has 0 N–H and O–H groups in total. The zero-order valence-electron chi connectivity index (χ0n) is 6.83. The number of hydrogen-bond donors (Lipinski definition) is 0. The molecule has 0 unspecified atom stereocenters. The Morgan fingerprint density at radius 1 is 1.55 bits per heavy atom. The maximum Gasteiger partial charge on any atom is 0.258 e. The lowest BCUT2D eigenvalue weighted by Gasteiger charge is -2.19. The number of nitrogens with zero attached hydrogens (tertiary/aromatic N) is 1. The molecule has 0 saturated carbocycles. The van der Waals surface area contributed by atoms with Crippen molar-refractivity contribution in [3.8, 4) is 0 Å². The topological polar surface area (TPSA) is 29.5 Å². The highest BCUT2D eigenvalue weighted by molar-refractivity contribution is 5.88. The smallest absolute Gasteiger partial charge is 0.258 e. The van der Waals surface area contributed by atoms with Crippen molar-refractivity contribution in [3.05, 3.63) is 18.3 Å². The molecule has 1 aliphatic rings. The van der Waals surface area contributed by atoms with Crippen LogP contribution in [0.3, 0.4) is 0 Å². The van der Waals surface area contributed by atoms with Crippen molar-refractivity contribution in [2.75, 3.05) is 20.7 Å². The molecule has 11 heavy (non-hydrogen) atoms. The van der Waals surface area contributed by atoms with Gasteiger partial charge in [0.05, 0.1) is 6.61 Å². The minimum Gasteiger partial charge on any atom is -0.357 e. The Balaban J connectivity index is 2.47. The Morgan fingerprint density at radius 2 is 2.27 bits per heavy atom. The van der Waals surface area contributed by atoms with Gasteiger partial charge in [-0.3, -0.25) is 4.79 Å². The van der Waals surface area contributed by atoms with Crippen molar-refractivity contribution in [2.24, 2.45) is 0 Å². The molecule has 0 aromatic heterocycles. The number of rotatable bonds is 1. The SMILES string of the molecule is CN(C)C(=O)[C]1CC=CCO1. The lowest BCUT2D eigenvalue weighted by Crippen LogP contribution is -2.30. The van der Waals surface area contributed by atoms with Gasteiger partial charge in [-0.05, 0) is 0 Å². The van der Waals surface area contributed by atoms with Crippen molar-refractivity contribution in [2.45, 2.75) is 6.42 Å². The first-order valence-corrected chi connectivity index (χ1v) is 3.57. The second-order valence-corrected chi connectivity index (χ2v) is 2.61. The Bertz CT molecular complexity index is 175. The van der Waals surface area contributed by atoms with Crippen LogP contribution >= 0.6 is 0 Å². The molecule has 0 spiro atoms. The number of amides is 1. The summed E-state index contributed by atoms with van der Waals surface area (Å²) in [5, 5.41) is 0. The molecule has 3 nitrogen and oxygen atoms in total. The Hall–Kier alpha value is -0.830. The molecule has 0 atom stereocenters. The largest absolute Gasteiger partial charge is 0.357 e. The molecule has 0 aromatic rings. The van der Waals surface area contributed by atoms with Crippen LogP contribution in [0, 0.1) is 6.10 Å². The Morgan fingerprint density at radius 3 is 2.73 bits per heavy atom. The molecule has 1 aliphatic heterocycles. The minimum absolute atomic E-state index is 0.0330. The predicted molar refractivity (Wildman–Crippen MR) is 41.6 cm³/mol. The molecule has 0 aliphatic carbocycles. The molecule has 1 radical (unpaired) electrons. The van der Waals surface area contributed by atoms with Gasteiger partial charge in [-0.1, -0.05) is 12.2 Å². The van der Waals surface area contributed by atoms with Gasteiger partial charge in [-0.2, -0.15) is 0 Å². The van der Waals surface area contributed by atoms with E-state index in [2.05, 4.69) is 0 Å². The van der Waals surface area contributed by atoms with Gasteiger partial charge in [0.2, 0.25) is 0 Å². The van der Waals surface area contributed by atoms with Crippen LogP contribution in [0.15, 0.2) is 12.2 Å². The highest BCUT2D eigenvalue weighted by Crippen LogP contribution is 2.15. The molecule has 1 amide bonds. The number of hydrogen-bond acceptors (Lipinski definition) is 2. The number of ether oxygens (including phenoxy) is 1. The molecule has 0 aromatic carbocycles. The highest BCUT2D eigenvalue weighted by Gasteiger charge is 2.22. The fourth-order valence-corrected chi connectivity index (χ4v) is 0.864. The molecule has 0 fully saturated rings. The van der Waals surface area contributed by atoms with Crippen LogP contribution in [-0.2, 0) is 9.53 Å². The molecular formula is C8H12NO2. The zero-order valence-corrected chi connectivity index (χ0v) is 6.83. The van der Waals surface area contributed by atoms with Crippen LogP contribution in [0.1, 0.15) is 6.42 Å². The van der Waals surface area contributed by atoms with Crippen LogP contribution in [0.25, 0.3) is 0 Å². The summed E-state index contributed by atoms with van der Waals surface area (Å²) >= 11 is 0. The molecule has 61 valence electrons. The average Bonchev–Trinajstić information content (AvgIpc) is 2.05. The third kappa shape index (κ3) is 2.05. The first-order chi connectivity index (χ1) is 5.22. The van der Waals surface area contributed by atoms with E-state index in [4.69, 9.17) is 4.74 Å². The molecule has 1 rings (SSSR count). The van der Waals surface area contributed by atoms with Crippen molar-refractivity contribution in [1.29, 1.82) is 0 Å². The summed E-state index contributed by atoms with van der Waals surface area (Å²) in [7, 11) is 3.44. The quantitative estimate of drug-likeness (QED) is 0.517. The van der Waals surface area contributed by atoms with E-state index in [9.17, 15) is 4.79 Å². The van der Waals surface area contributed by atoms with Gasteiger partial charge < -0.3 is 9.64 Å². The summed E-state index contributed by atoms with van der Waals surface area (Å²) in [5.41, 5.74) is 0. The first-order valence-electron chi connectivity index (χ1n) is 3.57. The van der Waals surface area contributed by atoms with E-state index in [1.165, 1.54) is 4.90 Å². The second-order valence-electron chi connectivity index (χ2n) is 2.61. The number of carbonyl (C=O) groups excluding carboxylic acids is 1. The van der Waals surface area contributed by atoms with E-state index in [-0.39, 0.29) is 5.91 Å². The summed E-state index contributed by atoms with van der Waals surface area (Å²) in [4.78, 5) is 12.8. The summed E-state index contributed by atoms with van der Waals surface area (Å²) in [5.74, 6) is -0.0330. The van der Waals surface area contributed by atoms with Gasteiger partial charge in [-0.25, -0.2) is 0 Å². The maximum absolute atomic E-state index is 11.2. The lowest BCUT2D eigenvalue weighted by atomic mass is 10.2. The van der Waals surface area contributed by atoms with Crippen LogP contribution in [0.5, 0.6) is 0 Å². The van der Waals surface area contributed by atoms with Crippen molar-refractivity contribution in [3.63, 3.8) is 0 Å². The third-order valence-corrected chi connectivity index (χ3v) is 1.47. The average molecular weight is 154 g/mol. The summed E-state index contributed by atoms with van der Waals surface area (Å²) in [6.07, 6.45) is 5.02. The van der Waals surface area contributed by atoms with Gasteiger partial charge in [0, 0.05) is 20.5 Å². The lowest BCUT2D eigenvalue weighted by molar-refractivity contribution is -0.132. The van der Waals surface area contributed by atoms with Crippen molar-refractivity contribution < 1.29 is 9.53 Å². The second kappa shape index (κ2) is 3.53. The monoisotopic (exact) mass is 154 g/mol. The summed E-state index contributed by atoms with van der Waals surface area (Å²) < 4.78 is 5.14. The standard InChI is InChI=1S/C8H12NO2/c1-9(2)8(10)7-5-3-4-6-11-7/h3-4H,5-6H2,1-2H3. The maximum atomic E-state index is 11.2. The molecule has 3 heteroatoms. The van der Waals surface area contributed by atoms with Crippen LogP contribution in [0.4, 0.5) is 0 Å². The minimum atomic E-state index is -0.0330. The highest BCUT2D eigenvalue weighted by atomic mass is 16.5. The van der Waals surface area contributed by atoms with E-state index >= 15 is 0 Å². The van der Waals surface area contributed by atoms with E-state index in [1.54, 1.807) is 14.1 Å². The van der Waals surface area contributed by atoms with Crippen molar-refractivity contribution >= 4 is 5.91 Å². The zero-order chi connectivity index (χ0) is 8.27. The van der Waals surface area contributed by atoms with Gasteiger partial charge >= 0.3 is 0 Å². The summed E-state index contributed by atoms with van der Waals surface area (Å²) in [6.45, 7) is 0.523. The van der Waals surface area contributed by atoms with Crippen LogP contribution < -0.4 is 0 Å². The van der Waals surface area contributed by atoms with Crippen LogP contribution in [0.2, 0.25) is 0 Å². The van der Waals surface area contributed by atoms with E-state index < -0.39 is 0 Å². The molecule has 0 saturated heterocycles. The van der Waals surface area contributed by atoms with E-state index in [1.807, 2.05) is 12.2 Å². The number of carbonyl (C=O) groups is 1. The van der Waals surface area contributed by atoms with Gasteiger partial charge in [0.25, 0.3) is 5.91 Å². The van der Waals surface area contributed by atoms with E-state index in [0.717, 1.165) is 0 Å². The Labute approximate surface area is 66.6 Å². The first kappa shape index (κ1) is 8.27. The number of likely N-dealkylation sites (N-methyl/N-ethyl adjacent to an activating group) is 1. The third-order valence-electron chi connectivity index (χ3n) is 1.47. The van der Waals surface area contributed by atoms with Crippen LogP contribution in [-0.4, -0.2) is 31.5 Å². The van der Waals surface area contributed by atoms with E-state index in [0.29, 0.717) is 19.1 Å². The predicted octanol–water partition coefficient (Wildman–Crippen LogP) is 0.583. The Kier molecular flexibility index (Phi) is 2.65. The molecular weight excluding hydrogens is 142 g/mol. The molecule has 0 bridgehead atoms. The van der Waals surface area contributed by atoms with Crippen molar-refractivity contribution in [1.82, 2.24) is 4.90 Å². The van der Waals surface area contributed by atoms with Gasteiger partial charge in [0.1, 0.15) is 0 Å². The molecule has 1 heterocycles. The normalized spacial score (nSPS) is 18.4.